The average Bonchev–Trinajstić information content (AvgIpc) is 3.02. The number of nitrogens with two attached hydrogens (primary N) is 1. The van der Waals surface area contributed by atoms with Gasteiger partial charge in [-0.15, -0.1) is 11.3 Å². The molecule has 0 aliphatic rings. The van der Waals surface area contributed by atoms with Crippen LogP contribution in [0.3, 0.4) is 0 Å². The highest BCUT2D eigenvalue weighted by Crippen LogP contribution is 2.36. The zero-order valence-electron chi connectivity index (χ0n) is 16.6. The number of aromatic carboxylic acids is 1. The minimum Gasteiger partial charge on any atom is -0.480 e. The highest BCUT2D eigenvalue weighted by molar-refractivity contribution is 7.17. The standard InChI is InChI=1S/C17H19N5O5S.2H3N/c1-8-14(17(26)27)28-15(20-8)10-4-3-9(7-12(10)22-19-2)21-13(23)6-5-11(18)16(24)25;;/h3-4,7,11H,5-6,18H2,1-2H3,(H,21,23)(H,24,25)(H,26,27);2*1H3/b22-19+;;. The number of azo groups is 1. The van der Waals surface area contributed by atoms with Crippen LogP contribution in [0, 0.1) is 6.92 Å². The van der Waals surface area contributed by atoms with Crippen molar-refractivity contribution in [3.05, 3.63) is 28.8 Å². The summed E-state index contributed by atoms with van der Waals surface area (Å²) in [6, 6.07) is 3.76. The number of carboxylic acids is 2. The summed E-state index contributed by atoms with van der Waals surface area (Å²) in [5, 5.41) is 28.9. The number of anilines is 1. The first-order chi connectivity index (χ1) is 13.2. The van der Waals surface area contributed by atoms with E-state index in [4.69, 9.17) is 10.8 Å². The summed E-state index contributed by atoms with van der Waals surface area (Å²) < 4.78 is 0. The summed E-state index contributed by atoms with van der Waals surface area (Å²) >= 11 is 1.03. The first-order valence-electron chi connectivity index (χ1n) is 8.16. The largest absolute Gasteiger partial charge is 0.480 e. The van der Waals surface area contributed by atoms with Crippen molar-refractivity contribution in [1.29, 1.82) is 0 Å². The number of nitrogens with zero attached hydrogens (tertiary/aromatic N) is 3. The number of nitrogens with one attached hydrogen (secondary N) is 1. The number of hydrogen-bond donors (Lipinski definition) is 6. The normalized spacial score (nSPS) is 11.3. The van der Waals surface area contributed by atoms with E-state index in [-0.39, 0.29) is 35.9 Å². The number of thiazole rings is 1. The summed E-state index contributed by atoms with van der Waals surface area (Å²) in [6.07, 6.45) is -0.0371. The first-order valence-corrected chi connectivity index (χ1v) is 8.97. The summed E-state index contributed by atoms with van der Waals surface area (Å²) in [5.41, 5.74) is 7.22. The third kappa shape index (κ3) is 6.66. The van der Waals surface area contributed by atoms with Crippen LogP contribution < -0.4 is 23.4 Å². The van der Waals surface area contributed by atoms with Gasteiger partial charge in [-0.2, -0.15) is 10.2 Å². The van der Waals surface area contributed by atoms with Crippen molar-refractivity contribution in [2.45, 2.75) is 25.8 Å². The molecule has 1 amide bonds. The lowest BCUT2D eigenvalue weighted by Crippen LogP contribution is -2.31. The number of carbonyl (C=O) groups excluding carboxylic acids is 1. The molecular weight excluding hydrogens is 414 g/mol. The number of carbonyl (C=O) groups is 3. The van der Waals surface area contributed by atoms with Crippen molar-refractivity contribution < 1.29 is 24.6 Å². The maximum absolute atomic E-state index is 12.0. The fourth-order valence-corrected chi connectivity index (χ4v) is 3.26. The molecule has 0 spiro atoms. The van der Waals surface area contributed by atoms with Gasteiger partial charge in [0.25, 0.3) is 0 Å². The Morgan fingerprint density at radius 2 is 1.93 bits per heavy atom. The molecule has 0 aliphatic carbocycles. The molecule has 1 aromatic heterocycles. The predicted octanol–water partition coefficient (Wildman–Crippen LogP) is 2.98. The van der Waals surface area contributed by atoms with Crippen LogP contribution in [-0.4, -0.2) is 46.1 Å². The van der Waals surface area contributed by atoms with Gasteiger partial charge in [-0.1, -0.05) is 0 Å². The van der Waals surface area contributed by atoms with Crippen molar-refractivity contribution >= 4 is 40.6 Å². The van der Waals surface area contributed by atoms with E-state index in [1.165, 1.54) is 7.05 Å². The number of hydrogen-bond acceptors (Lipinski definition) is 10. The summed E-state index contributed by atoms with van der Waals surface area (Å²) in [5.74, 6) is -2.60. The van der Waals surface area contributed by atoms with Crippen molar-refractivity contribution in [3.8, 4) is 10.6 Å². The van der Waals surface area contributed by atoms with Crippen LogP contribution >= 0.6 is 11.3 Å². The Labute approximate surface area is 176 Å². The second kappa shape index (κ2) is 11.7. The van der Waals surface area contributed by atoms with Crippen molar-refractivity contribution in [2.75, 3.05) is 12.4 Å². The number of aromatic nitrogens is 1. The highest BCUT2D eigenvalue weighted by Gasteiger charge is 2.18. The van der Waals surface area contributed by atoms with Gasteiger partial charge in [-0.25, -0.2) is 9.78 Å². The Morgan fingerprint density at radius 1 is 1.27 bits per heavy atom. The molecule has 0 radical (unpaired) electrons. The van der Waals surface area contributed by atoms with Crippen molar-refractivity contribution in [1.82, 2.24) is 17.3 Å². The topological polar surface area (TPSA) is 237 Å². The lowest BCUT2D eigenvalue weighted by molar-refractivity contribution is -0.138. The molecule has 0 saturated carbocycles. The molecule has 1 atom stereocenters. The Hall–Kier alpha value is -3.26. The van der Waals surface area contributed by atoms with E-state index < -0.39 is 18.0 Å². The minimum absolute atomic E-state index is 0. The van der Waals surface area contributed by atoms with Crippen molar-refractivity contribution in [3.63, 3.8) is 0 Å². The average molecular weight is 439 g/mol. The molecule has 1 aromatic carbocycles. The quantitative estimate of drug-likeness (QED) is 0.331. The summed E-state index contributed by atoms with van der Waals surface area (Å²) in [7, 11) is 1.48. The molecule has 0 aliphatic heterocycles. The first kappa shape index (κ1) is 26.7. The molecule has 1 heterocycles. The SMILES string of the molecule is C/N=N/c1cc(NC(=O)CCC(N)C(=O)O)ccc1-c1nc(C)c(C(=O)O)s1.N.N. The van der Waals surface area contributed by atoms with Gasteiger partial charge in [0, 0.05) is 24.7 Å². The van der Waals surface area contributed by atoms with Gasteiger partial charge in [0.15, 0.2) is 0 Å². The van der Waals surface area contributed by atoms with Gasteiger partial charge in [-0.05, 0) is 31.5 Å². The lowest BCUT2D eigenvalue weighted by atomic mass is 10.1. The van der Waals surface area contributed by atoms with E-state index in [1.54, 1.807) is 25.1 Å². The van der Waals surface area contributed by atoms with E-state index in [1.807, 2.05) is 0 Å². The monoisotopic (exact) mass is 439 g/mol. The highest BCUT2D eigenvalue weighted by atomic mass is 32.1. The number of aryl methyl sites for hydroxylation is 1. The number of carboxylic acid groups (broad SMARTS) is 2. The van der Waals surface area contributed by atoms with Gasteiger partial charge in [0.2, 0.25) is 5.91 Å². The van der Waals surface area contributed by atoms with Gasteiger partial charge < -0.3 is 33.6 Å². The maximum atomic E-state index is 12.0. The van der Waals surface area contributed by atoms with E-state index >= 15 is 0 Å². The van der Waals surface area contributed by atoms with Gasteiger partial charge >= 0.3 is 11.9 Å². The van der Waals surface area contributed by atoms with Gasteiger partial charge in [0.1, 0.15) is 15.9 Å². The van der Waals surface area contributed by atoms with E-state index in [2.05, 4.69) is 20.5 Å². The van der Waals surface area contributed by atoms with Crippen LogP contribution in [0.15, 0.2) is 28.4 Å². The fourth-order valence-electron chi connectivity index (χ4n) is 2.32. The molecule has 2 aromatic rings. The molecule has 0 saturated heterocycles. The molecule has 164 valence electrons. The minimum atomic E-state index is -1.16. The molecule has 0 fully saturated rings. The molecule has 2 rings (SSSR count). The zero-order chi connectivity index (χ0) is 20.8. The molecule has 11 N–H and O–H groups in total. The van der Waals surface area contributed by atoms with Crippen LogP contribution in [0.4, 0.5) is 11.4 Å². The molecule has 12 nitrogen and oxygen atoms in total. The van der Waals surface area contributed by atoms with Gasteiger partial charge in [-0.3, -0.25) is 9.59 Å². The molecule has 0 bridgehead atoms. The Kier molecular flexibility index (Phi) is 10.4. The van der Waals surface area contributed by atoms with Crippen LogP contribution in [0.1, 0.15) is 28.2 Å². The van der Waals surface area contributed by atoms with E-state index in [9.17, 15) is 19.5 Å². The van der Waals surface area contributed by atoms with Gasteiger partial charge in [0.05, 0.1) is 11.4 Å². The van der Waals surface area contributed by atoms with Crippen molar-refractivity contribution in [2.24, 2.45) is 16.0 Å². The van der Waals surface area contributed by atoms with E-state index in [0.717, 1.165) is 11.3 Å². The predicted molar refractivity (Wildman–Crippen MR) is 113 cm³/mol. The summed E-state index contributed by atoms with van der Waals surface area (Å²) in [4.78, 5) is 38.4. The number of rotatable bonds is 8. The lowest BCUT2D eigenvalue weighted by Gasteiger charge is -2.09. The maximum Gasteiger partial charge on any atom is 0.347 e. The fraction of sp³-hybridized carbons (Fsp3) is 0.294. The molecule has 30 heavy (non-hydrogen) atoms. The van der Waals surface area contributed by atoms with Crippen LogP contribution in [0.2, 0.25) is 0 Å². The number of benzene rings is 1. The summed E-state index contributed by atoms with van der Waals surface area (Å²) in [6.45, 7) is 1.61. The zero-order valence-corrected chi connectivity index (χ0v) is 17.4. The second-order valence-corrected chi connectivity index (χ2v) is 6.80. The molecular formula is C17H25N7O5S. The van der Waals surface area contributed by atoms with Crippen LogP contribution in [-0.2, 0) is 9.59 Å². The third-order valence-corrected chi connectivity index (χ3v) is 4.89. The Morgan fingerprint density at radius 3 is 2.47 bits per heavy atom. The van der Waals surface area contributed by atoms with Crippen LogP contribution in [0.5, 0.6) is 0 Å². The van der Waals surface area contributed by atoms with Crippen LogP contribution in [0.25, 0.3) is 10.6 Å². The number of aliphatic carboxylic acids is 1. The smallest absolute Gasteiger partial charge is 0.347 e. The second-order valence-electron chi connectivity index (χ2n) is 5.80. The molecule has 1 unspecified atom stereocenters. The Balaban J connectivity index is 0.00000420. The van der Waals surface area contributed by atoms with E-state index in [0.29, 0.717) is 27.6 Å². The third-order valence-electron chi connectivity index (χ3n) is 3.71. The number of amides is 1. The Bertz CT molecular complexity index is 945. The molecule has 13 heteroatoms.